The summed E-state index contributed by atoms with van der Waals surface area (Å²) in [5.74, 6) is -1.87. The summed E-state index contributed by atoms with van der Waals surface area (Å²) in [6.45, 7) is 1.40. The van der Waals surface area contributed by atoms with E-state index >= 15 is 0 Å². The maximum atomic E-state index is 11.9. The maximum Gasteiger partial charge on any atom is 0.454 e. The van der Waals surface area contributed by atoms with Crippen LogP contribution in [-0.2, 0) is 4.79 Å². The van der Waals surface area contributed by atoms with Crippen molar-refractivity contribution >= 4 is 11.5 Å². The first-order chi connectivity index (χ1) is 7.39. The van der Waals surface area contributed by atoms with Gasteiger partial charge in [0.1, 0.15) is 0 Å². The molecule has 0 fully saturated rings. The molecule has 0 amide bonds. The summed E-state index contributed by atoms with van der Waals surface area (Å²) in [7, 11) is 0. The Kier molecular flexibility index (Phi) is 3.71. The number of carbonyl (C=O) groups excluding carboxylic acids is 1. The summed E-state index contributed by atoms with van der Waals surface area (Å²) >= 11 is 0. The van der Waals surface area contributed by atoms with Crippen molar-refractivity contribution in [2.75, 3.05) is 5.32 Å². The Hall–Kier alpha value is -1.78. The molecule has 0 saturated heterocycles. The molecule has 0 atom stereocenters. The lowest BCUT2D eigenvalue weighted by molar-refractivity contribution is -0.165. The summed E-state index contributed by atoms with van der Waals surface area (Å²) in [4.78, 5) is 10.6. The third-order valence-electron chi connectivity index (χ3n) is 1.74. The predicted octanol–water partition coefficient (Wildman–Crippen LogP) is 3.13. The number of carbonyl (C=O) groups is 1. The van der Waals surface area contributed by atoms with Gasteiger partial charge in [-0.15, -0.1) is 0 Å². The Balaban J connectivity index is 2.70. The highest BCUT2D eigenvalue weighted by atomic mass is 19.4. The zero-order valence-electron chi connectivity index (χ0n) is 8.51. The van der Waals surface area contributed by atoms with Crippen molar-refractivity contribution < 1.29 is 18.0 Å². The number of anilines is 1. The highest BCUT2D eigenvalue weighted by Gasteiger charge is 2.36. The van der Waals surface area contributed by atoms with Gasteiger partial charge in [-0.05, 0) is 19.1 Å². The number of rotatable bonds is 3. The van der Waals surface area contributed by atoms with E-state index in [1.54, 1.807) is 30.3 Å². The van der Waals surface area contributed by atoms with Crippen LogP contribution in [0.15, 0.2) is 42.1 Å². The smallest absolute Gasteiger partial charge is 0.359 e. The number of benzene rings is 1. The molecule has 0 saturated carbocycles. The predicted molar refractivity (Wildman–Crippen MR) is 54.9 cm³/mol. The molecule has 0 aliphatic rings. The Morgan fingerprint density at radius 1 is 1.25 bits per heavy atom. The van der Waals surface area contributed by atoms with Crippen LogP contribution in [0.4, 0.5) is 18.9 Å². The van der Waals surface area contributed by atoms with Crippen molar-refractivity contribution in [2.24, 2.45) is 0 Å². The molecule has 0 bridgehead atoms. The molecule has 0 radical (unpaired) electrons. The fourth-order valence-corrected chi connectivity index (χ4v) is 1.06. The van der Waals surface area contributed by atoms with E-state index in [-0.39, 0.29) is 5.70 Å². The number of allylic oxidation sites excluding steroid dienone is 2. The summed E-state index contributed by atoms with van der Waals surface area (Å²) in [5, 5.41) is 2.69. The molecule has 0 aliphatic heterocycles. The third-order valence-corrected chi connectivity index (χ3v) is 1.74. The minimum Gasteiger partial charge on any atom is -0.359 e. The molecule has 1 aromatic carbocycles. The number of nitrogens with one attached hydrogen (secondary N) is 1. The van der Waals surface area contributed by atoms with Crippen LogP contribution in [0.3, 0.4) is 0 Å². The monoisotopic (exact) mass is 229 g/mol. The molecule has 0 aromatic heterocycles. The molecule has 0 unspecified atom stereocenters. The average molecular weight is 229 g/mol. The molecule has 2 nitrogen and oxygen atoms in total. The van der Waals surface area contributed by atoms with Crippen LogP contribution < -0.4 is 5.32 Å². The van der Waals surface area contributed by atoms with Crippen LogP contribution in [0.5, 0.6) is 0 Å². The normalized spacial score (nSPS) is 12.4. The molecule has 5 heteroatoms. The van der Waals surface area contributed by atoms with Gasteiger partial charge in [-0.3, -0.25) is 4.79 Å². The van der Waals surface area contributed by atoms with E-state index in [1.807, 2.05) is 0 Å². The van der Waals surface area contributed by atoms with Gasteiger partial charge >= 0.3 is 6.18 Å². The minimum atomic E-state index is -4.82. The number of alkyl halides is 3. The first kappa shape index (κ1) is 12.3. The van der Waals surface area contributed by atoms with Gasteiger partial charge in [-0.25, -0.2) is 0 Å². The van der Waals surface area contributed by atoms with Crippen LogP contribution in [-0.4, -0.2) is 12.0 Å². The van der Waals surface area contributed by atoms with Crippen molar-refractivity contribution in [3.8, 4) is 0 Å². The van der Waals surface area contributed by atoms with Gasteiger partial charge < -0.3 is 5.32 Å². The van der Waals surface area contributed by atoms with E-state index in [0.29, 0.717) is 11.8 Å². The van der Waals surface area contributed by atoms with E-state index in [0.717, 1.165) is 0 Å². The van der Waals surface area contributed by atoms with Crippen molar-refractivity contribution in [1.29, 1.82) is 0 Å². The number of hydrogen-bond acceptors (Lipinski definition) is 2. The fraction of sp³-hybridized carbons (Fsp3) is 0.182. The number of para-hydroxylation sites is 1. The van der Waals surface area contributed by atoms with Gasteiger partial charge in [-0.1, -0.05) is 18.2 Å². The second-order valence-corrected chi connectivity index (χ2v) is 3.18. The third kappa shape index (κ3) is 3.76. The van der Waals surface area contributed by atoms with E-state index in [1.165, 1.54) is 6.92 Å². The Labute approximate surface area is 90.8 Å². The maximum absolute atomic E-state index is 11.9. The van der Waals surface area contributed by atoms with E-state index in [4.69, 9.17) is 0 Å². The quantitative estimate of drug-likeness (QED) is 0.807. The largest absolute Gasteiger partial charge is 0.454 e. The molecule has 0 spiro atoms. The van der Waals surface area contributed by atoms with Crippen molar-refractivity contribution in [3.63, 3.8) is 0 Å². The standard InChI is InChI=1S/C11H10F3NO/c1-8(7-10(16)11(12,13)14)15-9-5-3-2-4-6-9/h2-7,15H,1H3/b8-7+. The van der Waals surface area contributed by atoms with Crippen molar-refractivity contribution in [2.45, 2.75) is 13.1 Å². The van der Waals surface area contributed by atoms with Crippen LogP contribution in [0.2, 0.25) is 0 Å². The number of hydrogen-bond donors (Lipinski definition) is 1. The number of halogens is 3. The Bertz CT molecular complexity index is 395. The summed E-state index contributed by atoms with van der Waals surface area (Å²) in [6, 6.07) is 8.64. The van der Waals surface area contributed by atoms with E-state index in [2.05, 4.69) is 5.32 Å². The molecule has 1 aromatic rings. The molecule has 1 rings (SSSR count). The van der Waals surface area contributed by atoms with Gasteiger partial charge in [0.15, 0.2) is 0 Å². The Morgan fingerprint density at radius 3 is 2.31 bits per heavy atom. The average Bonchev–Trinajstić information content (AvgIpc) is 2.17. The van der Waals surface area contributed by atoms with Crippen LogP contribution in [0.25, 0.3) is 0 Å². The van der Waals surface area contributed by atoms with Gasteiger partial charge in [0.25, 0.3) is 5.78 Å². The molecular weight excluding hydrogens is 219 g/mol. The number of ketones is 1. The van der Waals surface area contributed by atoms with Crippen LogP contribution in [0, 0.1) is 0 Å². The Morgan fingerprint density at radius 2 is 1.81 bits per heavy atom. The summed E-state index contributed by atoms with van der Waals surface area (Å²) in [5.41, 5.74) is 0.778. The zero-order chi connectivity index (χ0) is 12.2. The molecule has 0 heterocycles. The molecular formula is C11H10F3NO. The summed E-state index contributed by atoms with van der Waals surface area (Å²) in [6.07, 6.45) is -4.29. The molecule has 16 heavy (non-hydrogen) atoms. The van der Waals surface area contributed by atoms with Crippen molar-refractivity contribution in [1.82, 2.24) is 0 Å². The highest BCUT2D eigenvalue weighted by molar-refractivity contribution is 5.95. The molecule has 86 valence electrons. The second kappa shape index (κ2) is 4.83. The van der Waals surface area contributed by atoms with Crippen LogP contribution in [0.1, 0.15) is 6.92 Å². The highest BCUT2D eigenvalue weighted by Crippen LogP contribution is 2.18. The molecule has 0 aliphatic carbocycles. The lowest BCUT2D eigenvalue weighted by Gasteiger charge is -2.06. The van der Waals surface area contributed by atoms with Gasteiger partial charge in [0, 0.05) is 17.5 Å². The molecule has 1 N–H and O–H groups in total. The van der Waals surface area contributed by atoms with Gasteiger partial charge in [0.05, 0.1) is 0 Å². The van der Waals surface area contributed by atoms with Gasteiger partial charge in [0.2, 0.25) is 0 Å². The van der Waals surface area contributed by atoms with Crippen molar-refractivity contribution in [3.05, 3.63) is 42.1 Å². The lowest BCUT2D eigenvalue weighted by Crippen LogP contribution is -2.21. The fourth-order valence-electron chi connectivity index (χ4n) is 1.06. The van der Waals surface area contributed by atoms with Gasteiger partial charge in [-0.2, -0.15) is 13.2 Å². The topological polar surface area (TPSA) is 29.1 Å². The zero-order valence-corrected chi connectivity index (χ0v) is 8.51. The van der Waals surface area contributed by atoms with E-state index in [9.17, 15) is 18.0 Å². The van der Waals surface area contributed by atoms with E-state index < -0.39 is 12.0 Å². The SMILES string of the molecule is C/C(=C\C(=O)C(F)(F)F)Nc1ccccc1. The second-order valence-electron chi connectivity index (χ2n) is 3.18. The minimum absolute atomic E-state index is 0.147. The summed E-state index contributed by atoms with van der Waals surface area (Å²) < 4.78 is 35.8. The first-order valence-electron chi connectivity index (χ1n) is 4.51. The first-order valence-corrected chi connectivity index (χ1v) is 4.51. The lowest BCUT2D eigenvalue weighted by atomic mass is 10.2. The van der Waals surface area contributed by atoms with Crippen LogP contribution >= 0.6 is 0 Å².